The summed E-state index contributed by atoms with van der Waals surface area (Å²) in [6.45, 7) is 1.33. The van der Waals surface area contributed by atoms with Gasteiger partial charge in [0.15, 0.2) is 5.84 Å². The summed E-state index contributed by atoms with van der Waals surface area (Å²) < 4.78 is 13.5. The zero-order chi connectivity index (χ0) is 18.0. The molecule has 1 aromatic heterocycles. The van der Waals surface area contributed by atoms with Crippen LogP contribution in [0.4, 0.5) is 20.3 Å². The van der Waals surface area contributed by atoms with Crippen molar-refractivity contribution in [2.75, 3.05) is 29.0 Å². The number of carbonyl (C=O) groups is 1. The third-order valence-electron chi connectivity index (χ3n) is 4.00. The Labute approximate surface area is 156 Å². The first kappa shape index (κ1) is 17.7. The first-order valence-corrected chi connectivity index (χ1v) is 9.23. The van der Waals surface area contributed by atoms with Crippen molar-refractivity contribution in [3.8, 4) is 0 Å². The van der Waals surface area contributed by atoms with E-state index in [-0.39, 0.29) is 22.0 Å². The fraction of sp³-hybridized carbons (Fsp3) is 0.333. The molecule has 0 bridgehead atoms. The van der Waals surface area contributed by atoms with Gasteiger partial charge >= 0.3 is 0 Å². The van der Waals surface area contributed by atoms with Crippen molar-refractivity contribution in [2.45, 2.75) is 12.8 Å². The van der Waals surface area contributed by atoms with E-state index in [1.807, 2.05) is 4.90 Å². The number of aromatic nitrogens is 2. The summed E-state index contributed by atoms with van der Waals surface area (Å²) in [6, 6.07) is 4.26. The molecule has 2 aromatic rings. The Balaban J connectivity index is 1.56. The maximum absolute atomic E-state index is 13.2. The Bertz CT molecular complexity index is 805. The number of nitrogens with two attached hydrogens (primary N) is 1. The predicted molar refractivity (Wildman–Crippen MR) is 99.7 cm³/mol. The third-order valence-corrected chi connectivity index (χ3v) is 5.42. The molecule has 10 heteroatoms. The van der Waals surface area contributed by atoms with Crippen molar-refractivity contribution in [3.63, 3.8) is 0 Å². The molecule has 0 aliphatic carbocycles. The highest BCUT2D eigenvalue weighted by atomic mass is 79.9. The maximum Gasteiger partial charge on any atom is 0.209 e. The molecule has 1 saturated heterocycles. The smallest absolute Gasteiger partial charge is 0.209 e. The molecule has 1 aromatic carbocycles. The first-order valence-electron chi connectivity index (χ1n) is 7.63. The number of ketones is 1. The van der Waals surface area contributed by atoms with E-state index in [1.165, 1.54) is 29.5 Å². The van der Waals surface area contributed by atoms with Crippen LogP contribution in [0.15, 0.2) is 22.7 Å². The number of Topliss-reactive ketones (excluding diaryl/α,β-unsaturated/α-hetero) is 1. The van der Waals surface area contributed by atoms with Gasteiger partial charge in [-0.05, 0) is 47.0 Å². The molecule has 1 fully saturated rings. The standard InChI is InChI=1S/C15H16BrFN6OS/c16-10-7-9(1-2-11(10)17)20-13(18)12(24)8-3-5-23(6-4-8)15-22-21-14(19)25-15/h1-2,7-8H,3-6H2,(H2,18,20)(H2,19,21). The molecular weight excluding hydrogens is 411 g/mol. The zero-order valence-corrected chi connectivity index (χ0v) is 15.5. The summed E-state index contributed by atoms with van der Waals surface area (Å²) in [5.41, 5.74) is 6.09. The van der Waals surface area contributed by atoms with Gasteiger partial charge in [0.2, 0.25) is 16.0 Å². The largest absolute Gasteiger partial charge is 0.374 e. The number of nitrogens with zero attached hydrogens (tertiary/aromatic N) is 3. The summed E-state index contributed by atoms with van der Waals surface area (Å²) in [5, 5.41) is 19.7. The van der Waals surface area contributed by atoms with Crippen molar-refractivity contribution < 1.29 is 9.18 Å². The molecule has 7 nitrogen and oxygen atoms in total. The molecule has 3 rings (SSSR count). The number of rotatable bonds is 4. The third kappa shape index (κ3) is 4.13. The molecule has 0 atom stereocenters. The molecular formula is C15H16BrFN6OS. The van der Waals surface area contributed by atoms with Gasteiger partial charge in [-0.3, -0.25) is 10.2 Å². The highest BCUT2D eigenvalue weighted by Gasteiger charge is 2.28. The lowest BCUT2D eigenvalue weighted by molar-refractivity contribution is -0.117. The number of anilines is 3. The number of hydrogen-bond donors (Lipinski definition) is 3. The lowest BCUT2D eigenvalue weighted by Crippen LogP contribution is -2.39. The topological polar surface area (TPSA) is 108 Å². The van der Waals surface area contributed by atoms with Crippen LogP contribution in [-0.2, 0) is 4.79 Å². The molecule has 1 aliphatic heterocycles. The minimum Gasteiger partial charge on any atom is -0.374 e. The molecule has 0 spiro atoms. The molecule has 0 unspecified atom stereocenters. The molecule has 0 radical (unpaired) electrons. The Morgan fingerprint density at radius 3 is 2.72 bits per heavy atom. The van der Waals surface area contributed by atoms with Crippen molar-refractivity contribution in [3.05, 3.63) is 28.5 Å². The van der Waals surface area contributed by atoms with Gasteiger partial charge in [-0.25, -0.2) is 4.39 Å². The number of piperidine rings is 1. The van der Waals surface area contributed by atoms with E-state index < -0.39 is 5.82 Å². The fourth-order valence-corrected chi connectivity index (χ4v) is 3.71. The van der Waals surface area contributed by atoms with E-state index >= 15 is 0 Å². The Morgan fingerprint density at radius 2 is 2.12 bits per heavy atom. The van der Waals surface area contributed by atoms with Crippen LogP contribution in [0.2, 0.25) is 0 Å². The van der Waals surface area contributed by atoms with Crippen molar-refractivity contribution in [1.29, 1.82) is 5.41 Å². The lowest BCUT2D eigenvalue weighted by Gasteiger charge is -2.30. The highest BCUT2D eigenvalue weighted by Crippen LogP contribution is 2.27. The second kappa shape index (κ2) is 7.44. The maximum atomic E-state index is 13.2. The zero-order valence-electron chi connectivity index (χ0n) is 13.1. The second-order valence-electron chi connectivity index (χ2n) is 5.68. The SMILES string of the molecule is N=C(Nc1ccc(F)c(Br)c1)C(=O)C1CCN(c2nnc(N)s2)CC1. The first-order chi connectivity index (χ1) is 11.9. The van der Waals surface area contributed by atoms with Crippen LogP contribution < -0.4 is 16.0 Å². The van der Waals surface area contributed by atoms with Crippen molar-refractivity contribution in [1.82, 2.24) is 10.2 Å². The molecule has 1 aliphatic rings. The van der Waals surface area contributed by atoms with Crippen LogP contribution in [0.25, 0.3) is 0 Å². The number of benzene rings is 1. The van der Waals surface area contributed by atoms with E-state index in [1.54, 1.807) is 0 Å². The normalized spacial score (nSPS) is 15.2. The average Bonchev–Trinajstić information content (AvgIpc) is 3.04. The van der Waals surface area contributed by atoms with Gasteiger partial charge in [-0.15, -0.1) is 10.2 Å². The molecule has 25 heavy (non-hydrogen) atoms. The number of carbonyl (C=O) groups excluding carboxylic acids is 1. The Kier molecular flexibility index (Phi) is 5.28. The predicted octanol–water partition coefficient (Wildman–Crippen LogP) is 2.90. The lowest BCUT2D eigenvalue weighted by atomic mass is 9.92. The minimum atomic E-state index is -0.395. The summed E-state index contributed by atoms with van der Waals surface area (Å²) in [5.74, 6) is -1.03. The van der Waals surface area contributed by atoms with E-state index in [0.717, 1.165) is 5.13 Å². The van der Waals surface area contributed by atoms with Gasteiger partial charge in [0.05, 0.1) is 4.47 Å². The van der Waals surface area contributed by atoms with Crippen LogP contribution in [0.1, 0.15) is 12.8 Å². The summed E-state index contributed by atoms with van der Waals surface area (Å²) in [4.78, 5) is 14.5. The minimum absolute atomic E-state index is 0.183. The number of halogens is 2. The number of nitrogens with one attached hydrogen (secondary N) is 2. The van der Waals surface area contributed by atoms with Gasteiger partial charge in [0.1, 0.15) is 5.82 Å². The molecule has 2 heterocycles. The average molecular weight is 427 g/mol. The van der Waals surface area contributed by atoms with Crippen LogP contribution >= 0.6 is 27.3 Å². The summed E-state index contributed by atoms with van der Waals surface area (Å²) >= 11 is 4.41. The monoisotopic (exact) mass is 426 g/mol. The van der Waals surface area contributed by atoms with Gasteiger partial charge in [0, 0.05) is 24.7 Å². The van der Waals surface area contributed by atoms with E-state index in [2.05, 4.69) is 31.4 Å². The molecule has 132 valence electrons. The molecule has 0 saturated carbocycles. The summed E-state index contributed by atoms with van der Waals surface area (Å²) in [7, 11) is 0. The summed E-state index contributed by atoms with van der Waals surface area (Å²) in [6.07, 6.45) is 1.27. The quantitative estimate of drug-likeness (QED) is 0.512. The van der Waals surface area contributed by atoms with Gasteiger partial charge < -0.3 is 16.0 Å². The number of hydrogen-bond acceptors (Lipinski definition) is 7. The van der Waals surface area contributed by atoms with Gasteiger partial charge in [0.25, 0.3) is 0 Å². The molecule has 4 N–H and O–H groups in total. The number of nitrogen functional groups attached to an aromatic ring is 1. The second-order valence-corrected chi connectivity index (χ2v) is 7.52. The van der Waals surface area contributed by atoms with Crippen LogP contribution in [0.3, 0.4) is 0 Å². The molecule has 0 amide bonds. The van der Waals surface area contributed by atoms with E-state index in [0.29, 0.717) is 36.8 Å². The van der Waals surface area contributed by atoms with Crippen LogP contribution in [0, 0.1) is 17.1 Å². The van der Waals surface area contributed by atoms with Gasteiger partial charge in [-0.1, -0.05) is 11.3 Å². The fourth-order valence-electron chi connectivity index (χ4n) is 2.67. The van der Waals surface area contributed by atoms with Gasteiger partial charge in [-0.2, -0.15) is 0 Å². The highest BCUT2D eigenvalue weighted by molar-refractivity contribution is 9.10. The van der Waals surface area contributed by atoms with E-state index in [9.17, 15) is 9.18 Å². The van der Waals surface area contributed by atoms with Crippen LogP contribution in [-0.4, -0.2) is 34.9 Å². The van der Waals surface area contributed by atoms with E-state index in [4.69, 9.17) is 11.1 Å². The van der Waals surface area contributed by atoms with Crippen LogP contribution in [0.5, 0.6) is 0 Å². The Hall–Kier alpha value is -2.07. The Morgan fingerprint density at radius 1 is 1.40 bits per heavy atom. The number of amidine groups is 1. The van der Waals surface area contributed by atoms with Crippen molar-refractivity contribution in [2.24, 2.45) is 5.92 Å². The van der Waals surface area contributed by atoms with Crippen molar-refractivity contribution >= 4 is 54.8 Å².